The van der Waals surface area contributed by atoms with Crippen LogP contribution in [0.1, 0.15) is 6.92 Å². The van der Waals surface area contributed by atoms with E-state index in [1.54, 1.807) is 12.1 Å². The maximum Gasteiger partial charge on any atom is 0.150 e. The maximum absolute atomic E-state index is 12.9. The van der Waals surface area contributed by atoms with Gasteiger partial charge in [-0.1, -0.05) is 6.07 Å². The van der Waals surface area contributed by atoms with Crippen LogP contribution in [0.15, 0.2) is 42.5 Å². The van der Waals surface area contributed by atoms with Crippen molar-refractivity contribution in [1.82, 2.24) is 0 Å². The van der Waals surface area contributed by atoms with E-state index in [-0.39, 0.29) is 11.5 Å². The van der Waals surface area contributed by atoms with Crippen LogP contribution in [0.5, 0.6) is 17.2 Å². The first kappa shape index (κ1) is 12.2. The minimum absolute atomic E-state index is 0.261. The number of rotatable bonds is 4. The van der Waals surface area contributed by atoms with Gasteiger partial charge in [0.25, 0.3) is 0 Å². The molecule has 3 nitrogen and oxygen atoms in total. The van der Waals surface area contributed by atoms with E-state index in [9.17, 15) is 4.39 Å². The van der Waals surface area contributed by atoms with E-state index < -0.39 is 0 Å². The van der Waals surface area contributed by atoms with Crippen LogP contribution in [-0.2, 0) is 0 Å². The van der Waals surface area contributed by atoms with Gasteiger partial charge in [-0.05, 0) is 31.2 Å². The molecular weight excluding hydrogens is 233 g/mol. The highest BCUT2D eigenvalue weighted by Gasteiger charge is 2.04. The van der Waals surface area contributed by atoms with Gasteiger partial charge in [-0.3, -0.25) is 0 Å². The van der Waals surface area contributed by atoms with E-state index in [0.717, 1.165) is 5.75 Å². The zero-order valence-corrected chi connectivity index (χ0v) is 10.0. The summed E-state index contributed by atoms with van der Waals surface area (Å²) in [7, 11) is 0. The minimum atomic E-state index is -0.386. The molecule has 0 atom stereocenters. The minimum Gasteiger partial charge on any atom is -0.494 e. The fourth-order valence-corrected chi connectivity index (χ4v) is 1.53. The fourth-order valence-electron chi connectivity index (χ4n) is 1.53. The third-order valence-corrected chi connectivity index (χ3v) is 2.32. The van der Waals surface area contributed by atoms with Gasteiger partial charge < -0.3 is 15.2 Å². The molecule has 0 aliphatic carbocycles. The Morgan fingerprint density at radius 2 is 1.89 bits per heavy atom. The SMILES string of the molecule is CCOc1cccc(Oc2ccc(F)cc2N)c1. The van der Waals surface area contributed by atoms with Gasteiger partial charge >= 0.3 is 0 Å². The summed E-state index contributed by atoms with van der Waals surface area (Å²) in [6.45, 7) is 2.49. The molecule has 0 spiro atoms. The Balaban J connectivity index is 2.20. The maximum atomic E-state index is 12.9. The number of hydrogen-bond donors (Lipinski definition) is 1. The molecule has 0 aromatic heterocycles. The normalized spacial score (nSPS) is 10.1. The van der Waals surface area contributed by atoms with Crippen molar-refractivity contribution in [2.45, 2.75) is 6.92 Å². The highest BCUT2D eigenvalue weighted by Crippen LogP contribution is 2.29. The Morgan fingerprint density at radius 1 is 1.11 bits per heavy atom. The van der Waals surface area contributed by atoms with Gasteiger partial charge in [-0.25, -0.2) is 4.39 Å². The Kier molecular flexibility index (Phi) is 3.67. The zero-order chi connectivity index (χ0) is 13.0. The predicted molar refractivity (Wildman–Crippen MR) is 68.5 cm³/mol. The molecule has 2 aromatic carbocycles. The second-order valence-electron chi connectivity index (χ2n) is 3.69. The first-order valence-corrected chi connectivity index (χ1v) is 5.65. The van der Waals surface area contributed by atoms with E-state index in [2.05, 4.69) is 0 Å². The summed E-state index contributed by atoms with van der Waals surface area (Å²) in [5, 5.41) is 0. The van der Waals surface area contributed by atoms with Crippen molar-refractivity contribution in [2.24, 2.45) is 0 Å². The lowest BCUT2D eigenvalue weighted by Crippen LogP contribution is -1.94. The summed E-state index contributed by atoms with van der Waals surface area (Å²) in [6.07, 6.45) is 0. The average molecular weight is 247 g/mol. The van der Waals surface area contributed by atoms with E-state index in [1.165, 1.54) is 18.2 Å². The van der Waals surface area contributed by atoms with Crippen LogP contribution in [0.2, 0.25) is 0 Å². The van der Waals surface area contributed by atoms with Crippen molar-refractivity contribution in [3.05, 3.63) is 48.3 Å². The van der Waals surface area contributed by atoms with Crippen LogP contribution in [0.3, 0.4) is 0 Å². The van der Waals surface area contributed by atoms with E-state index in [4.69, 9.17) is 15.2 Å². The summed E-state index contributed by atoms with van der Waals surface area (Å²) in [6, 6.07) is 11.2. The van der Waals surface area contributed by atoms with E-state index >= 15 is 0 Å². The number of anilines is 1. The molecule has 2 N–H and O–H groups in total. The first-order valence-electron chi connectivity index (χ1n) is 5.65. The Labute approximate surface area is 105 Å². The molecule has 0 bridgehead atoms. The van der Waals surface area contributed by atoms with Crippen LogP contribution in [0.4, 0.5) is 10.1 Å². The Bertz CT molecular complexity index is 543. The largest absolute Gasteiger partial charge is 0.494 e. The van der Waals surface area contributed by atoms with Crippen molar-refractivity contribution in [3.8, 4) is 17.2 Å². The van der Waals surface area contributed by atoms with E-state index in [0.29, 0.717) is 18.1 Å². The first-order chi connectivity index (χ1) is 8.69. The molecule has 0 amide bonds. The highest BCUT2D eigenvalue weighted by molar-refractivity contribution is 5.54. The molecule has 2 aromatic rings. The molecule has 2 rings (SSSR count). The molecule has 0 radical (unpaired) electrons. The molecular formula is C14H14FNO2. The molecule has 0 heterocycles. The molecule has 0 aliphatic heterocycles. The molecule has 0 unspecified atom stereocenters. The fraction of sp³-hybridized carbons (Fsp3) is 0.143. The summed E-state index contributed by atoms with van der Waals surface area (Å²) >= 11 is 0. The van der Waals surface area contributed by atoms with Gasteiger partial charge in [0.1, 0.15) is 17.3 Å². The average Bonchev–Trinajstić information content (AvgIpc) is 2.34. The van der Waals surface area contributed by atoms with Gasteiger partial charge in [0.2, 0.25) is 0 Å². The Morgan fingerprint density at radius 3 is 2.61 bits per heavy atom. The number of nitrogen functional groups attached to an aromatic ring is 1. The van der Waals surface area contributed by atoms with Gasteiger partial charge in [-0.15, -0.1) is 0 Å². The molecule has 18 heavy (non-hydrogen) atoms. The van der Waals surface area contributed by atoms with Crippen molar-refractivity contribution in [2.75, 3.05) is 12.3 Å². The predicted octanol–water partition coefficient (Wildman–Crippen LogP) is 3.60. The summed E-state index contributed by atoms with van der Waals surface area (Å²) in [5.41, 5.74) is 5.93. The molecule has 0 aliphatic rings. The van der Waals surface area contributed by atoms with Gasteiger partial charge in [0.05, 0.1) is 12.3 Å². The van der Waals surface area contributed by atoms with Crippen molar-refractivity contribution < 1.29 is 13.9 Å². The third kappa shape index (κ3) is 2.91. The quantitative estimate of drug-likeness (QED) is 0.839. The third-order valence-electron chi connectivity index (χ3n) is 2.32. The topological polar surface area (TPSA) is 44.5 Å². The molecule has 94 valence electrons. The summed E-state index contributed by atoms with van der Waals surface area (Å²) in [5.74, 6) is 1.35. The van der Waals surface area contributed by atoms with Crippen molar-refractivity contribution in [1.29, 1.82) is 0 Å². The molecule has 0 saturated carbocycles. The zero-order valence-electron chi connectivity index (χ0n) is 10.0. The van der Waals surface area contributed by atoms with Gasteiger partial charge in [0, 0.05) is 12.1 Å². The van der Waals surface area contributed by atoms with Crippen LogP contribution in [-0.4, -0.2) is 6.61 Å². The van der Waals surface area contributed by atoms with E-state index in [1.807, 2.05) is 19.1 Å². The second kappa shape index (κ2) is 5.40. The summed E-state index contributed by atoms with van der Waals surface area (Å²) < 4.78 is 23.8. The monoisotopic (exact) mass is 247 g/mol. The van der Waals surface area contributed by atoms with Crippen LogP contribution >= 0.6 is 0 Å². The lowest BCUT2D eigenvalue weighted by atomic mass is 10.3. The number of nitrogens with two attached hydrogens (primary N) is 1. The second-order valence-corrected chi connectivity index (χ2v) is 3.69. The van der Waals surface area contributed by atoms with Gasteiger partial charge in [0.15, 0.2) is 5.75 Å². The van der Waals surface area contributed by atoms with Crippen molar-refractivity contribution in [3.63, 3.8) is 0 Å². The highest BCUT2D eigenvalue weighted by atomic mass is 19.1. The van der Waals surface area contributed by atoms with Crippen LogP contribution in [0, 0.1) is 5.82 Å². The number of ether oxygens (including phenoxy) is 2. The Hall–Kier alpha value is -2.23. The molecule has 0 saturated heterocycles. The molecule has 4 heteroatoms. The molecule has 0 fully saturated rings. The lowest BCUT2D eigenvalue weighted by Gasteiger charge is -2.10. The summed E-state index contributed by atoms with van der Waals surface area (Å²) in [4.78, 5) is 0. The van der Waals surface area contributed by atoms with Gasteiger partial charge in [-0.2, -0.15) is 0 Å². The van der Waals surface area contributed by atoms with Crippen LogP contribution < -0.4 is 15.2 Å². The standard InChI is InChI=1S/C14H14FNO2/c1-2-17-11-4-3-5-12(9-11)18-14-7-6-10(15)8-13(14)16/h3-9H,2,16H2,1H3. The smallest absolute Gasteiger partial charge is 0.150 e. The number of hydrogen-bond acceptors (Lipinski definition) is 3. The number of benzene rings is 2. The van der Waals surface area contributed by atoms with Crippen LogP contribution in [0.25, 0.3) is 0 Å². The lowest BCUT2D eigenvalue weighted by molar-refractivity contribution is 0.338. The van der Waals surface area contributed by atoms with Crippen molar-refractivity contribution >= 4 is 5.69 Å². The number of halogens is 1.